The van der Waals surface area contributed by atoms with Gasteiger partial charge in [0.1, 0.15) is 25.8 Å². The largest absolute Gasteiger partial charge is 0.497 e. The van der Waals surface area contributed by atoms with Gasteiger partial charge < -0.3 is 10.1 Å². The van der Waals surface area contributed by atoms with Crippen LogP contribution < -0.4 is 15.5 Å². The molecule has 1 N–H and O–H groups in total. The van der Waals surface area contributed by atoms with Crippen molar-refractivity contribution in [3.63, 3.8) is 0 Å². The summed E-state index contributed by atoms with van der Waals surface area (Å²) in [5, 5.41) is 14.2. The fraction of sp³-hybridized carbons (Fsp3) is 0.222. The van der Waals surface area contributed by atoms with E-state index in [1.807, 2.05) is 13.9 Å². The molecule has 15 heavy (non-hydrogen) atoms. The number of hydrogen-bond donors (Lipinski definition) is 1. The maximum atomic E-state index is 10.6. The Morgan fingerprint density at radius 1 is 1.67 bits per heavy atom. The maximum Gasteiger partial charge on any atom is 0.142 e. The molecule has 0 saturated heterocycles. The number of nitrogens with zero attached hydrogens (tertiary/aromatic N) is 2. The molecule has 1 rings (SSSR count). The third-order valence-corrected chi connectivity index (χ3v) is 1.97. The Hall–Kier alpha value is -2.03. The van der Waals surface area contributed by atoms with Gasteiger partial charge in [-0.1, -0.05) is 5.46 Å². The number of nitrogens with one attached hydrogen (secondary N) is 1. The zero-order valence-corrected chi connectivity index (χ0v) is 8.57. The maximum absolute atomic E-state index is 10.6. The number of benzene rings is 1. The molecule has 5 nitrogen and oxygen atoms in total. The third-order valence-electron chi connectivity index (χ3n) is 1.97. The lowest BCUT2D eigenvalue weighted by molar-refractivity contribution is 0.415. The van der Waals surface area contributed by atoms with Crippen LogP contribution in [0.3, 0.4) is 0 Å². The van der Waals surface area contributed by atoms with Crippen molar-refractivity contribution in [2.75, 3.05) is 19.0 Å². The highest BCUT2D eigenvalue weighted by Gasteiger charge is 2.08. The molecule has 0 atom stereocenters. The molecule has 0 aliphatic heterocycles. The number of rotatable bonds is 4. The van der Waals surface area contributed by atoms with E-state index in [1.54, 1.807) is 6.07 Å². The standard InChI is InChI=1S/C9H10BN3O2/c1-15-6-4-7(10)9(12-3-2-11)8(5-6)13-14/h4-5,12H,3,10H2,1H3. The molecule has 0 bridgehead atoms. The van der Waals surface area contributed by atoms with Crippen LogP contribution in [-0.4, -0.2) is 21.5 Å². The lowest BCUT2D eigenvalue weighted by atomic mass is 9.92. The zero-order valence-electron chi connectivity index (χ0n) is 8.57. The van der Waals surface area contributed by atoms with Crippen LogP contribution in [0.2, 0.25) is 0 Å². The smallest absolute Gasteiger partial charge is 0.142 e. The van der Waals surface area contributed by atoms with E-state index < -0.39 is 0 Å². The molecular weight excluding hydrogens is 193 g/mol. The van der Waals surface area contributed by atoms with E-state index in [9.17, 15) is 4.91 Å². The first-order valence-corrected chi connectivity index (χ1v) is 4.35. The summed E-state index contributed by atoms with van der Waals surface area (Å²) in [6, 6.07) is 5.24. The number of ether oxygens (including phenoxy) is 1. The molecule has 0 aromatic heterocycles. The quantitative estimate of drug-likeness (QED) is 0.433. The second-order valence-electron chi connectivity index (χ2n) is 2.94. The Morgan fingerprint density at radius 3 is 2.93 bits per heavy atom. The fourth-order valence-electron chi connectivity index (χ4n) is 1.28. The number of methoxy groups -OCH3 is 1. The number of nitroso groups, excluding NO2 is 1. The van der Waals surface area contributed by atoms with Gasteiger partial charge in [-0.25, -0.2) is 0 Å². The van der Waals surface area contributed by atoms with Crippen LogP contribution >= 0.6 is 0 Å². The van der Waals surface area contributed by atoms with E-state index in [1.165, 1.54) is 13.2 Å². The first-order valence-electron chi connectivity index (χ1n) is 4.35. The van der Waals surface area contributed by atoms with E-state index in [-0.39, 0.29) is 12.2 Å². The van der Waals surface area contributed by atoms with Gasteiger partial charge in [-0.2, -0.15) is 5.26 Å². The van der Waals surface area contributed by atoms with Crippen molar-refractivity contribution in [1.82, 2.24) is 0 Å². The zero-order chi connectivity index (χ0) is 11.3. The SMILES string of the molecule is Bc1cc(OC)cc(N=O)c1NCC#N. The van der Waals surface area contributed by atoms with Crippen molar-refractivity contribution in [2.24, 2.45) is 5.18 Å². The summed E-state index contributed by atoms with van der Waals surface area (Å²) in [5.41, 5.74) is 1.65. The Balaban J connectivity index is 3.13. The average molecular weight is 203 g/mol. The van der Waals surface area contributed by atoms with Crippen LogP contribution in [0.25, 0.3) is 0 Å². The predicted molar refractivity (Wildman–Crippen MR) is 60.7 cm³/mol. The molecule has 0 unspecified atom stereocenters. The van der Waals surface area contributed by atoms with Crippen molar-refractivity contribution in [3.05, 3.63) is 17.0 Å². The van der Waals surface area contributed by atoms with Gasteiger partial charge in [0.2, 0.25) is 0 Å². The highest BCUT2D eigenvalue weighted by Crippen LogP contribution is 2.26. The molecule has 0 amide bonds. The number of anilines is 1. The third kappa shape index (κ3) is 2.47. The van der Waals surface area contributed by atoms with Gasteiger partial charge in [0.05, 0.1) is 18.9 Å². The van der Waals surface area contributed by atoms with E-state index in [0.717, 1.165) is 5.46 Å². The summed E-state index contributed by atoms with van der Waals surface area (Å²) in [6.07, 6.45) is 0. The minimum absolute atomic E-state index is 0.135. The summed E-state index contributed by atoms with van der Waals surface area (Å²) in [5.74, 6) is 0.574. The van der Waals surface area contributed by atoms with Gasteiger partial charge >= 0.3 is 0 Å². The Bertz CT molecular complexity index is 415. The van der Waals surface area contributed by atoms with E-state index >= 15 is 0 Å². The lowest BCUT2D eigenvalue weighted by Gasteiger charge is -2.10. The highest BCUT2D eigenvalue weighted by molar-refractivity contribution is 6.36. The van der Waals surface area contributed by atoms with Crippen molar-refractivity contribution >= 4 is 24.7 Å². The molecular formula is C9H10BN3O2. The van der Waals surface area contributed by atoms with Crippen molar-refractivity contribution in [3.8, 4) is 11.8 Å². The summed E-state index contributed by atoms with van der Waals surface area (Å²) >= 11 is 0. The normalized spacial score (nSPS) is 9.07. The van der Waals surface area contributed by atoms with E-state index in [2.05, 4.69) is 10.5 Å². The monoisotopic (exact) mass is 203 g/mol. The first kappa shape index (κ1) is 11.1. The Kier molecular flexibility index (Phi) is 3.69. The molecule has 0 aliphatic rings. The van der Waals surface area contributed by atoms with Gasteiger partial charge in [-0.3, -0.25) is 0 Å². The molecule has 0 radical (unpaired) electrons. The predicted octanol–water partition coefficient (Wildman–Crippen LogP) is 0.287. The van der Waals surface area contributed by atoms with Gasteiger partial charge in [0.25, 0.3) is 0 Å². The van der Waals surface area contributed by atoms with Crippen LogP contribution in [0.5, 0.6) is 5.75 Å². The molecule has 76 valence electrons. The van der Waals surface area contributed by atoms with Crippen LogP contribution in [0, 0.1) is 16.2 Å². The number of hydrogen-bond acceptors (Lipinski definition) is 5. The highest BCUT2D eigenvalue weighted by atomic mass is 16.5. The number of nitriles is 1. The van der Waals surface area contributed by atoms with Crippen LogP contribution in [0.4, 0.5) is 11.4 Å². The molecule has 1 aromatic rings. The molecule has 0 spiro atoms. The minimum Gasteiger partial charge on any atom is -0.497 e. The Morgan fingerprint density at radius 2 is 2.40 bits per heavy atom. The second-order valence-corrected chi connectivity index (χ2v) is 2.94. The van der Waals surface area contributed by atoms with Crippen LogP contribution in [0.15, 0.2) is 17.3 Å². The molecule has 0 fully saturated rings. The topological polar surface area (TPSA) is 74.5 Å². The van der Waals surface area contributed by atoms with Crippen LogP contribution in [0.1, 0.15) is 0 Å². The van der Waals surface area contributed by atoms with Crippen molar-refractivity contribution < 1.29 is 4.74 Å². The molecule has 6 heteroatoms. The van der Waals surface area contributed by atoms with E-state index in [4.69, 9.17) is 10.00 Å². The Labute approximate surface area is 88.4 Å². The van der Waals surface area contributed by atoms with E-state index in [0.29, 0.717) is 11.4 Å². The van der Waals surface area contributed by atoms with Crippen LogP contribution in [-0.2, 0) is 0 Å². The molecule has 0 heterocycles. The summed E-state index contributed by atoms with van der Waals surface area (Å²) in [6.45, 7) is 0.135. The first-order chi connectivity index (χ1) is 7.22. The molecule has 0 aliphatic carbocycles. The fourth-order valence-corrected chi connectivity index (χ4v) is 1.28. The van der Waals surface area contributed by atoms with Gasteiger partial charge in [0.15, 0.2) is 0 Å². The summed E-state index contributed by atoms with van der Waals surface area (Å²) < 4.78 is 5.01. The summed E-state index contributed by atoms with van der Waals surface area (Å²) in [7, 11) is 3.34. The van der Waals surface area contributed by atoms with Gasteiger partial charge in [-0.15, -0.1) is 4.91 Å². The lowest BCUT2D eigenvalue weighted by Crippen LogP contribution is -2.13. The van der Waals surface area contributed by atoms with Gasteiger partial charge in [-0.05, 0) is 11.2 Å². The van der Waals surface area contributed by atoms with Crippen molar-refractivity contribution in [1.29, 1.82) is 5.26 Å². The average Bonchev–Trinajstić information content (AvgIpc) is 2.26. The molecule has 0 saturated carbocycles. The minimum atomic E-state index is 0.135. The molecule has 1 aromatic carbocycles. The van der Waals surface area contributed by atoms with Gasteiger partial charge in [0, 0.05) is 6.07 Å². The van der Waals surface area contributed by atoms with Crippen molar-refractivity contribution in [2.45, 2.75) is 0 Å². The summed E-state index contributed by atoms with van der Waals surface area (Å²) in [4.78, 5) is 10.6. The second kappa shape index (κ2) is 5.01.